The van der Waals surface area contributed by atoms with Crippen molar-refractivity contribution in [3.05, 3.63) is 35.8 Å². The normalized spacial score (nSPS) is 11.5. The number of aryl methyl sites for hydroxylation is 2. The van der Waals surface area contributed by atoms with E-state index in [1.54, 1.807) is 25.5 Å². The zero-order valence-corrected chi connectivity index (χ0v) is 12.8. The van der Waals surface area contributed by atoms with Gasteiger partial charge in [0.15, 0.2) is 16.1 Å². The molecule has 0 aromatic carbocycles. The van der Waals surface area contributed by atoms with Crippen molar-refractivity contribution < 1.29 is 13.2 Å². The smallest absolute Gasteiger partial charge is 0.153 e. The quantitative estimate of drug-likeness (QED) is 0.755. The van der Waals surface area contributed by atoms with Crippen LogP contribution in [0.15, 0.2) is 24.7 Å². The molecule has 0 amide bonds. The molecule has 21 heavy (non-hydrogen) atoms. The van der Waals surface area contributed by atoms with E-state index in [2.05, 4.69) is 10.1 Å². The highest BCUT2D eigenvalue weighted by atomic mass is 32.2. The SMILES string of the molecule is CCS(=O)(=O)CCn1cc(C=O)c(-c2cncc(C)c2)n1. The van der Waals surface area contributed by atoms with Crippen molar-refractivity contribution in [1.82, 2.24) is 14.8 Å². The van der Waals surface area contributed by atoms with Gasteiger partial charge in [0.05, 0.1) is 17.9 Å². The van der Waals surface area contributed by atoms with Crippen LogP contribution < -0.4 is 0 Å². The van der Waals surface area contributed by atoms with Gasteiger partial charge in [-0.1, -0.05) is 6.92 Å². The predicted molar refractivity (Wildman–Crippen MR) is 79.9 cm³/mol. The molecule has 0 fully saturated rings. The fourth-order valence-corrected chi connectivity index (χ4v) is 2.68. The van der Waals surface area contributed by atoms with E-state index in [4.69, 9.17) is 0 Å². The fraction of sp³-hybridized carbons (Fsp3) is 0.357. The van der Waals surface area contributed by atoms with Crippen LogP contribution in [0.25, 0.3) is 11.3 Å². The molecule has 0 aliphatic heterocycles. The van der Waals surface area contributed by atoms with E-state index >= 15 is 0 Å². The zero-order chi connectivity index (χ0) is 15.5. The number of hydrogen-bond acceptors (Lipinski definition) is 5. The molecular weight excluding hydrogens is 290 g/mol. The fourth-order valence-electron chi connectivity index (χ4n) is 1.92. The van der Waals surface area contributed by atoms with Gasteiger partial charge in [0.1, 0.15) is 5.69 Å². The average molecular weight is 307 g/mol. The van der Waals surface area contributed by atoms with Crippen LogP contribution in [-0.2, 0) is 16.4 Å². The molecule has 2 aromatic rings. The van der Waals surface area contributed by atoms with E-state index in [1.807, 2.05) is 13.0 Å². The molecule has 0 radical (unpaired) electrons. The molecule has 0 aliphatic rings. The molecule has 0 saturated heterocycles. The summed E-state index contributed by atoms with van der Waals surface area (Å²) in [6.45, 7) is 3.75. The lowest BCUT2D eigenvalue weighted by atomic mass is 10.1. The Kier molecular flexibility index (Phi) is 4.52. The minimum Gasteiger partial charge on any atom is -0.298 e. The summed E-state index contributed by atoms with van der Waals surface area (Å²) < 4.78 is 24.6. The zero-order valence-electron chi connectivity index (χ0n) is 12.0. The molecule has 7 heteroatoms. The summed E-state index contributed by atoms with van der Waals surface area (Å²) in [7, 11) is -3.06. The first-order valence-electron chi connectivity index (χ1n) is 6.60. The maximum Gasteiger partial charge on any atom is 0.153 e. The molecule has 0 bridgehead atoms. The molecule has 0 aliphatic carbocycles. The third-order valence-electron chi connectivity index (χ3n) is 3.14. The Bertz CT molecular complexity index is 751. The van der Waals surface area contributed by atoms with Gasteiger partial charge >= 0.3 is 0 Å². The topological polar surface area (TPSA) is 81.9 Å². The highest BCUT2D eigenvalue weighted by Crippen LogP contribution is 2.20. The molecular formula is C14H17N3O3S. The largest absolute Gasteiger partial charge is 0.298 e. The molecule has 2 rings (SSSR count). The van der Waals surface area contributed by atoms with Crippen LogP contribution >= 0.6 is 0 Å². The number of sulfone groups is 1. The van der Waals surface area contributed by atoms with Crippen molar-refractivity contribution in [2.24, 2.45) is 0 Å². The lowest BCUT2D eigenvalue weighted by Gasteiger charge is -2.02. The van der Waals surface area contributed by atoms with Crippen molar-refractivity contribution >= 4 is 16.1 Å². The van der Waals surface area contributed by atoms with Crippen molar-refractivity contribution in [2.45, 2.75) is 20.4 Å². The lowest BCUT2D eigenvalue weighted by molar-refractivity contribution is 0.112. The van der Waals surface area contributed by atoms with Crippen molar-refractivity contribution in [3.63, 3.8) is 0 Å². The van der Waals surface area contributed by atoms with Gasteiger partial charge in [0.2, 0.25) is 0 Å². The summed E-state index contributed by atoms with van der Waals surface area (Å²) in [5, 5.41) is 4.31. The summed E-state index contributed by atoms with van der Waals surface area (Å²) in [4.78, 5) is 15.2. The van der Waals surface area contributed by atoms with Crippen LogP contribution in [-0.4, -0.2) is 41.0 Å². The van der Waals surface area contributed by atoms with Gasteiger partial charge in [-0.2, -0.15) is 5.10 Å². The van der Waals surface area contributed by atoms with Crippen LogP contribution in [0.2, 0.25) is 0 Å². The third kappa shape index (κ3) is 3.75. The van der Waals surface area contributed by atoms with Crippen LogP contribution in [0.5, 0.6) is 0 Å². The first-order valence-corrected chi connectivity index (χ1v) is 8.42. The second-order valence-electron chi connectivity index (χ2n) is 4.80. The Labute approximate surface area is 123 Å². The molecule has 0 spiro atoms. The van der Waals surface area contributed by atoms with Gasteiger partial charge in [-0.15, -0.1) is 0 Å². The molecule has 112 valence electrons. The highest BCUT2D eigenvalue weighted by molar-refractivity contribution is 7.91. The number of carbonyl (C=O) groups excluding carboxylic acids is 1. The van der Waals surface area contributed by atoms with Gasteiger partial charge in [0.25, 0.3) is 0 Å². The number of aromatic nitrogens is 3. The van der Waals surface area contributed by atoms with Crippen LogP contribution in [0.4, 0.5) is 0 Å². The molecule has 0 N–H and O–H groups in total. The maximum absolute atomic E-state index is 11.5. The molecule has 0 saturated carbocycles. The molecule has 0 unspecified atom stereocenters. The standard InChI is InChI=1S/C14H17N3O3S/c1-3-21(19,20)5-4-17-9-13(10-18)14(16-17)12-6-11(2)7-15-8-12/h6-10H,3-5H2,1-2H3. The molecule has 6 nitrogen and oxygen atoms in total. The first-order chi connectivity index (χ1) is 9.95. The minimum absolute atomic E-state index is 0.00891. The predicted octanol–water partition coefficient (Wildman–Crippen LogP) is 1.50. The van der Waals surface area contributed by atoms with Crippen molar-refractivity contribution in [3.8, 4) is 11.3 Å². The number of aldehydes is 1. The average Bonchev–Trinajstić information content (AvgIpc) is 2.89. The monoisotopic (exact) mass is 307 g/mol. The summed E-state index contributed by atoms with van der Waals surface area (Å²) in [5.74, 6) is 0.110. The van der Waals surface area contributed by atoms with Crippen molar-refractivity contribution in [1.29, 1.82) is 0 Å². The highest BCUT2D eigenvalue weighted by Gasteiger charge is 2.13. The maximum atomic E-state index is 11.5. The van der Waals surface area contributed by atoms with Gasteiger partial charge in [-0.05, 0) is 18.6 Å². The number of pyridine rings is 1. The number of rotatable bonds is 6. The van der Waals surface area contributed by atoms with E-state index in [1.165, 1.54) is 4.68 Å². The van der Waals surface area contributed by atoms with Crippen LogP contribution in [0.3, 0.4) is 0 Å². The van der Waals surface area contributed by atoms with Gasteiger partial charge < -0.3 is 0 Å². The van der Waals surface area contributed by atoms with Gasteiger partial charge in [0, 0.05) is 29.9 Å². The Hall–Kier alpha value is -2.02. The summed E-state index contributed by atoms with van der Waals surface area (Å²) in [5.41, 5.74) is 2.66. The second kappa shape index (κ2) is 6.17. The Morgan fingerprint density at radius 3 is 2.71 bits per heavy atom. The van der Waals surface area contributed by atoms with E-state index in [9.17, 15) is 13.2 Å². The van der Waals surface area contributed by atoms with Gasteiger partial charge in [-0.25, -0.2) is 8.42 Å². The summed E-state index contributed by atoms with van der Waals surface area (Å²) in [6.07, 6.45) is 5.63. The molecule has 2 aromatic heterocycles. The third-order valence-corrected chi connectivity index (χ3v) is 4.82. The van der Waals surface area contributed by atoms with E-state index in [-0.39, 0.29) is 18.1 Å². The number of nitrogens with zero attached hydrogens (tertiary/aromatic N) is 3. The van der Waals surface area contributed by atoms with E-state index < -0.39 is 9.84 Å². The number of carbonyl (C=O) groups is 1. The summed E-state index contributed by atoms with van der Waals surface area (Å²) in [6, 6.07) is 1.88. The van der Waals surface area contributed by atoms with E-state index in [0.29, 0.717) is 11.3 Å². The summed E-state index contributed by atoms with van der Waals surface area (Å²) >= 11 is 0. The van der Waals surface area contributed by atoms with E-state index in [0.717, 1.165) is 17.4 Å². The van der Waals surface area contributed by atoms with Crippen LogP contribution in [0.1, 0.15) is 22.8 Å². The Morgan fingerprint density at radius 1 is 1.33 bits per heavy atom. The Balaban J connectivity index is 2.30. The van der Waals surface area contributed by atoms with Crippen LogP contribution in [0, 0.1) is 6.92 Å². The molecule has 0 atom stereocenters. The minimum atomic E-state index is -3.06. The van der Waals surface area contributed by atoms with Gasteiger partial charge in [-0.3, -0.25) is 14.5 Å². The second-order valence-corrected chi connectivity index (χ2v) is 7.27. The first kappa shape index (κ1) is 15.4. The number of hydrogen-bond donors (Lipinski definition) is 0. The molecule has 2 heterocycles. The van der Waals surface area contributed by atoms with Crippen molar-refractivity contribution in [2.75, 3.05) is 11.5 Å². The lowest BCUT2D eigenvalue weighted by Crippen LogP contribution is -2.14. The Morgan fingerprint density at radius 2 is 2.10 bits per heavy atom.